The van der Waals surface area contributed by atoms with Gasteiger partial charge < -0.3 is 35.6 Å². The molecule has 38 heavy (non-hydrogen) atoms. The molecule has 1 aromatic rings. The van der Waals surface area contributed by atoms with Gasteiger partial charge in [-0.05, 0) is 51.8 Å². The lowest BCUT2D eigenvalue weighted by molar-refractivity contribution is -0.134. The number of hydrogen-bond acceptors (Lipinski definition) is 5. The molecule has 3 rings (SSSR count). The average molecular weight is 532 g/mol. The minimum atomic E-state index is -0.399. The molecule has 10 nitrogen and oxygen atoms in total. The van der Waals surface area contributed by atoms with Gasteiger partial charge in [0.05, 0.1) is 25.6 Å². The molecule has 1 aromatic carbocycles. The van der Waals surface area contributed by atoms with E-state index in [1.807, 2.05) is 27.7 Å². The van der Waals surface area contributed by atoms with Gasteiger partial charge in [-0.1, -0.05) is 26.2 Å². The number of ether oxygens (including phenoxy) is 1. The first kappa shape index (κ1) is 29.5. The first-order valence-electron chi connectivity index (χ1n) is 13.9. The van der Waals surface area contributed by atoms with Crippen LogP contribution >= 0.6 is 0 Å². The highest BCUT2D eigenvalue weighted by atomic mass is 16.5. The number of nitrogens with one attached hydrogen (secondary N) is 3. The third-order valence-electron chi connectivity index (χ3n) is 7.33. The molecule has 1 aliphatic heterocycles. The van der Waals surface area contributed by atoms with Crippen molar-refractivity contribution >= 4 is 23.7 Å². The Labute approximate surface area is 226 Å². The van der Waals surface area contributed by atoms with Gasteiger partial charge in [0.2, 0.25) is 5.91 Å². The van der Waals surface area contributed by atoms with Gasteiger partial charge >= 0.3 is 12.1 Å². The number of likely N-dealkylation sites (N-methyl/N-ethyl adjacent to an activating group) is 1. The van der Waals surface area contributed by atoms with E-state index in [4.69, 9.17) is 4.74 Å². The van der Waals surface area contributed by atoms with E-state index in [1.54, 1.807) is 35.0 Å². The Morgan fingerprint density at radius 2 is 1.89 bits per heavy atom. The molecule has 212 valence electrons. The van der Waals surface area contributed by atoms with Crippen molar-refractivity contribution < 1.29 is 24.2 Å². The summed E-state index contributed by atoms with van der Waals surface area (Å²) < 4.78 is 6.46. The molecule has 3 atom stereocenters. The smallest absolute Gasteiger partial charge is 0.319 e. The van der Waals surface area contributed by atoms with Crippen LogP contribution in [0.4, 0.5) is 15.3 Å². The summed E-state index contributed by atoms with van der Waals surface area (Å²) >= 11 is 0. The Balaban J connectivity index is 1.83. The number of amides is 5. The van der Waals surface area contributed by atoms with Crippen LogP contribution in [0.1, 0.15) is 65.4 Å². The van der Waals surface area contributed by atoms with E-state index in [-0.39, 0.29) is 55.0 Å². The molecule has 4 N–H and O–H groups in total. The average Bonchev–Trinajstić information content (AvgIpc) is 2.91. The summed E-state index contributed by atoms with van der Waals surface area (Å²) in [6.45, 7) is 8.15. The quantitative estimate of drug-likeness (QED) is 0.430. The Kier molecular flexibility index (Phi) is 10.6. The number of benzene rings is 1. The van der Waals surface area contributed by atoms with Crippen molar-refractivity contribution in [2.75, 3.05) is 32.1 Å². The highest BCUT2D eigenvalue weighted by Crippen LogP contribution is 2.29. The van der Waals surface area contributed by atoms with Crippen LogP contribution in [-0.4, -0.2) is 83.8 Å². The maximum atomic E-state index is 13.4. The molecule has 0 saturated heterocycles. The van der Waals surface area contributed by atoms with Crippen molar-refractivity contribution in [1.82, 2.24) is 20.4 Å². The molecule has 0 unspecified atom stereocenters. The van der Waals surface area contributed by atoms with Crippen molar-refractivity contribution in [3.8, 4) is 5.75 Å². The summed E-state index contributed by atoms with van der Waals surface area (Å²) in [6.07, 6.45) is 5.11. The van der Waals surface area contributed by atoms with Gasteiger partial charge in [0, 0.05) is 42.8 Å². The van der Waals surface area contributed by atoms with Crippen LogP contribution in [0.25, 0.3) is 0 Å². The second kappa shape index (κ2) is 13.7. The largest absolute Gasteiger partial charge is 0.488 e. The molecule has 5 amide bonds. The van der Waals surface area contributed by atoms with Crippen LogP contribution in [0, 0.1) is 5.92 Å². The number of nitrogens with zero attached hydrogens (tertiary/aromatic N) is 2. The molecule has 1 saturated carbocycles. The molecule has 10 heteroatoms. The van der Waals surface area contributed by atoms with Crippen molar-refractivity contribution in [1.29, 1.82) is 0 Å². The van der Waals surface area contributed by atoms with E-state index in [0.29, 0.717) is 30.1 Å². The maximum Gasteiger partial charge on any atom is 0.319 e. The molecule has 1 aliphatic carbocycles. The van der Waals surface area contributed by atoms with Crippen LogP contribution in [0.3, 0.4) is 0 Å². The van der Waals surface area contributed by atoms with E-state index in [2.05, 4.69) is 16.0 Å². The zero-order chi connectivity index (χ0) is 27.8. The number of anilines is 1. The summed E-state index contributed by atoms with van der Waals surface area (Å²) in [6, 6.07) is 4.69. The van der Waals surface area contributed by atoms with Gasteiger partial charge in [-0.2, -0.15) is 0 Å². The van der Waals surface area contributed by atoms with E-state index < -0.39 is 6.10 Å². The van der Waals surface area contributed by atoms with Crippen LogP contribution in [0.15, 0.2) is 18.2 Å². The number of aliphatic hydroxyl groups is 1. The molecular weight excluding hydrogens is 486 g/mol. The van der Waals surface area contributed by atoms with Gasteiger partial charge in [-0.3, -0.25) is 4.79 Å². The SMILES string of the molecule is CC(C)NC(=O)N(C)C[C@@H]1Oc2ccc(NC(=O)NC3CCCCC3)cc2CC(=O)N([C@@H](C)CO)C[C@H]1C. The lowest BCUT2D eigenvalue weighted by Crippen LogP contribution is -2.49. The fourth-order valence-electron chi connectivity index (χ4n) is 5.03. The number of urea groups is 2. The van der Waals surface area contributed by atoms with Crippen LogP contribution in [0.5, 0.6) is 5.75 Å². The third kappa shape index (κ3) is 8.24. The molecule has 0 aromatic heterocycles. The predicted octanol–water partition coefficient (Wildman–Crippen LogP) is 3.34. The second-order valence-electron chi connectivity index (χ2n) is 11.1. The number of rotatable bonds is 7. The van der Waals surface area contributed by atoms with Crippen molar-refractivity contribution in [3.63, 3.8) is 0 Å². The molecule has 0 radical (unpaired) electrons. The Bertz CT molecular complexity index is 965. The topological polar surface area (TPSA) is 123 Å². The molecule has 2 aliphatic rings. The van der Waals surface area contributed by atoms with E-state index in [1.165, 1.54) is 6.42 Å². The highest BCUT2D eigenvalue weighted by molar-refractivity contribution is 5.90. The Morgan fingerprint density at radius 1 is 1.18 bits per heavy atom. The summed E-state index contributed by atoms with van der Waals surface area (Å²) in [4.78, 5) is 41.8. The van der Waals surface area contributed by atoms with E-state index in [9.17, 15) is 19.5 Å². The first-order chi connectivity index (χ1) is 18.1. The van der Waals surface area contributed by atoms with E-state index >= 15 is 0 Å². The molecule has 1 heterocycles. The van der Waals surface area contributed by atoms with Crippen LogP contribution in [-0.2, 0) is 11.2 Å². The summed E-state index contributed by atoms with van der Waals surface area (Å²) in [5, 5.41) is 18.7. The predicted molar refractivity (Wildman–Crippen MR) is 147 cm³/mol. The van der Waals surface area contributed by atoms with Crippen molar-refractivity contribution in [2.45, 2.75) is 90.4 Å². The van der Waals surface area contributed by atoms with Crippen LogP contribution < -0.4 is 20.7 Å². The number of hydrogen-bond donors (Lipinski definition) is 4. The normalized spacial score (nSPS) is 21.3. The molecular formula is C28H45N5O5. The van der Waals surface area contributed by atoms with Gasteiger partial charge in [0.15, 0.2) is 0 Å². The van der Waals surface area contributed by atoms with Crippen LogP contribution in [0.2, 0.25) is 0 Å². The Hall–Kier alpha value is -3.01. The van der Waals surface area contributed by atoms with Gasteiger partial charge in [-0.25, -0.2) is 9.59 Å². The minimum absolute atomic E-state index is 0.00398. The van der Waals surface area contributed by atoms with Gasteiger partial charge in [0.25, 0.3) is 0 Å². The first-order valence-corrected chi connectivity index (χ1v) is 13.9. The summed E-state index contributed by atoms with van der Waals surface area (Å²) in [5.41, 5.74) is 1.22. The number of fused-ring (bicyclic) bond motifs is 1. The van der Waals surface area contributed by atoms with Gasteiger partial charge in [0.1, 0.15) is 11.9 Å². The molecule has 0 bridgehead atoms. The minimum Gasteiger partial charge on any atom is -0.488 e. The number of carbonyl (C=O) groups is 3. The lowest BCUT2D eigenvalue weighted by atomic mass is 9.96. The van der Waals surface area contributed by atoms with Crippen molar-refractivity contribution in [2.24, 2.45) is 5.92 Å². The second-order valence-corrected chi connectivity index (χ2v) is 11.1. The van der Waals surface area contributed by atoms with Gasteiger partial charge in [-0.15, -0.1) is 0 Å². The number of aliphatic hydroxyl groups excluding tert-OH is 1. The third-order valence-corrected chi connectivity index (χ3v) is 7.33. The summed E-state index contributed by atoms with van der Waals surface area (Å²) in [5.74, 6) is 0.301. The van der Waals surface area contributed by atoms with E-state index in [0.717, 1.165) is 25.7 Å². The lowest BCUT2D eigenvalue weighted by Gasteiger charge is -2.34. The zero-order valence-electron chi connectivity index (χ0n) is 23.5. The monoisotopic (exact) mass is 531 g/mol. The fraction of sp³-hybridized carbons (Fsp3) is 0.679. The highest BCUT2D eigenvalue weighted by Gasteiger charge is 2.32. The number of carbonyl (C=O) groups excluding carboxylic acids is 3. The Morgan fingerprint density at radius 3 is 2.55 bits per heavy atom. The zero-order valence-corrected chi connectivity index (χ0v) is 23.5. The molecule has 0 spiro atoms. The standard InChI is InChI=1S/C28H45N5O5/c1-18(2)29-28(37)32(5)16-25-19(3)15-33(20(4)17-34)26(35)14-21-13-23(11-12-24(21)38-25)31-27(36)30-22-9-7-6-8-10-22/h11-13,18-20,22,25,34H,6-10,14-17H2,1-5H3,(H,29,37)(H2,30,31,36)/t19-,20+,25+/m1/s1. The van der Waals surface area contributed by atoms with Crippen molar-refractivity contribution in [3.05, 3.63) is 23.8 Å². The summed E-state index contributed by atoms with van der Waals surface area (Å²) in [7, 11) is 1.72. The maximum absolute atomic E-state index is 13.4. The molecule has 1 fully saturated rings. The fourth-order valence-corrected chi connectivity index (χ4v) is 5.03.